The Hall–Kier alpha value is -3.02. The summed E-state index contributed by atoms with van der Waals surface area (Å²) in [5.74, 6) is 0.344. The van der Waals surface area contributed by atoms with E-state index < -0.39 is 12.2 Å². The number of benzene rings is 2. The molecule has 1 unspecified atom stereocenters. The maximum Gasteiger partial charge on any atom is 0.415 e. The molecule has 2 amide bonds. The fraction of sp³-hybridized carbons (Fsp3) is 0.300. The molecule has 0 aliphatic carbocycles. The van der Waals surface area contributed by atoms with Gasteiger partial charge in [0.2, 0.25) is 0 Å². The number of rotatable bonds is 6. The van der Waals surface area contributed by atoms with Crippen LogP contribution in [0.15, 0.2) is 54.6 Å². The minimum absolute atomic E-state index is 0.164. The van der Waals surface area contributed by atoms with Gasteiger partial charge >= 0.3 is 12.2 Å². The summed E-state index contributed by atoms with van der Waals surface area (Å²) in [6.45, 7) is 4.20. The van der Waals surface area contributed by atoms with Gasteiger partial charge < -0.3 is 14.4 Å². The van der Waals surface area contributed by atoms with E-state index >= 15 is 0 Å². The molecule has 0 saturated carbocycles. The Bertz CT molecular complexity index is 734. The normalized spacial score (nSPS) is 11.3. The van der Waals surface area contributed by atoms with Gasteiger partial charge in [0, 0.05) is 25.3 Å². The highest BCUT2D eigenvalue weighted by Gasteiger charge is 2.13. The molecule has 0 radical (unpaired) electrons. The summed E-state index contributed by atoms with van der Waals surface area (Å²) in [4.78, 5) is 25.5. The summed E-state index contributed by atoms with van der Waals surface area (Å²) in [5.41, 5.74) is 1.50. The number of carbonyl (C=O) groups is 2. The predicted octanol–water partition coefficient (Wildman–Crippen LogP) is 4.66. The number of carbonyl (C=O) groups excluding carboxylic acids is 2. The molecule has 0 aromatic heterocycles. The first kappa shape index (κ1) is 19.3. The molecule has 26 heavy (non-hydrogen) atoms. The molecule has 2 aromatic rings. The van der Waals surface area contributed by atoms with Crippen LogP contribution in [0.25, 0.3) is 0 Å². The van der Waals surface area contributed by atoms with E-state index in [1.165, 1.54) is 4.90 Å². The molecule has 0 heterocycles. The summed E-state index contributed by atoms with van der Waals surface area (Å²) >= 11 is 0. The lowest BCUT2D eigenvalue weighted by Crippen LogP contribution is -2.29. The SMILES string of the molecule is CCC(C)OC(=O)Nc1cccc(OC(=O)N(C)Cc2ccccc2)c1. The molecule has 1 N–H and O–H groups in total. The first-order valence-corrected chi connectivity index (χ1v) is 8.52. The molecular formula is C20H24N2O4. The Labute approximate surface area is 153 Å². The summed E-state index contributed by atoms with van der Waals surface area (Å²) in [6.07, 6.45) is -0.446. The summed E-state index contributed by atoms with van der Waals surface area (Å²) < 4.78 is 10.5. The summed E-state index contributed by atoms with van der Waals surface area (Å²) in [7, 11) is 1.67. The first-order chi connectivity index (χ1) is 12.5. The van der Waals surface area contributed by atoms with Crippen molar-refractivity contribution in [2.24, 2.45) is 0 Å². The molecule has 2 aromatic carbocycles. The fourth-order valence-corrected chi connectivity index (χ4v) is 2.15. The lowest BCUT2D eigenvalue weighted by molar-refractivity contribution is 0.118. The highest BCUT2D eigenvalue weighted by atomic mass is 16.6. The standard InChI is InChI=1S/C20H24N2O4/c1-4-15(2)25-19(23)21-17-11-8-12-18(13-17)26-20(24)22(3)14-16-9-6-5-7-10-16/h5-13,15H,4,14H2,1-3H3,(H,21,23). The van der Waals surface area contributed by atoms with Gasteiger partial charge in [0.25, 0.3) is 0 Å². The maximum atomic E-state index is 12.2. The van der Waals surface area contributed by atoms with Crippen LogP contribution in [-0.4, -0.2) is 30.2 Å². The minimum atomic E-state index is -0.538. The van der Waals surface area contributed by atoms with Gasteiger partial charge in [-0.3, -0.25) is 5.32 Å². The summed E-state index contributed by atoms with van der Waals surface area (Å²) in [6, 6.07) is 16.3. The van der Waals surface area contributed by atoms with E-state index in [0.717, 1.165) is 12.0 Å². The van der Waals surface area contributed by atoms with E-state index in [2.05, 4.69) is 5.32 Å². The molecule has 0 spiro atoms. The van der Waals surface area contributed by atoms with Crippen LogP contribution in [0.1, 0.15) is 25.8 Å². The van der Waals surface area contributed by atoms with Crippen molar-refractivity contribution >= 4 is 17.9 Å². The van der Waals surface area contributed by atoms with Gasteiger partial charge in [-0.2, -0.15) is 0 Å². The topological polar surface area (TPSA) is 67.9 Å². The van der Waals surface area contributed by atoms with E-state index in [0.29, 0.717) is 18.0 Å². The molecule has 2 rings (SSSR count). The number of ether oxygens (including phenoxy) is 2. The van der Waals surface area contributed by atoms with Crippen LogP contribution in [-0.2, 0) is 11.3 Å². The highest BCUT2D eigenvalue weighted by molar-refractivity contribution is 5.85. The van der Waals surface area contributed by atoms with Gasteiger partial charge in [0.15, 0.2) is 0 Å². The van der Waals surface area contributed by atoms with Gasteiger partial charge in [0.05, 0.1) is 0 Å². The Balaban J connectivity index is 1.92. The summed E-state index contributed by atoms with van der Waals surface area (Å²) in [5, 5.41) is 2.62. The van der Waals surface area contributed by atoms with E-state index in [-0.39, 0.29) is 6.10 Å². The van der Waals surface area contributed by atoms with Gasteiger partial charge in [-0.25, -0.2) is 9.59 Å². The molecule has 138 valence electrons. The molecule has 6 nitrogen and oxygen atoms in total. The molecule has 0 fully saturated rings. The Morgan fingerprint density at radius 3 is 2.54 bits per heavy atom. The zero-order valence-corrected chi connectivity index (χ0v) is 15.3. The van der Waals surface area contributed by atoms with Gasteiger partial charge in [0.1, 0.15) is 11.9 Å². The predicted molar refractivity (Wildman–Crippen MR) is 100 cm³/mol. The number of anilines is 1. The molecule has 0 aliphatic heterocycles. The van der Waals surface area contributed by atoms with Crippen LogP contribution >= 0.6 is 0 Å². The molecule has 0 aliphatic rings. The quantitative estimate of drug-likeness (QED) is 0.817. The van der Waals surface area contributed by atoms with E-state index in [1.807, 2.05) is 44.2 Å². The maximum absolute atomic E-state index is 12.2. The lowest BCUT2D eigenvalue weighted by Gasteiger charge is -2.17. The minimum Gasteiger partial charge on any atom is -0.446 e. The highest BCUT2D eigenvalue weighted by Crippen LogP contribution is 2.19. The number of hydrogen-bond donors (Lipinski definition) is 1. The van der Waals surface area contributed by atoms with Crippen molar-refractivity contribution in [2.75, 3.05) is 12.4 Å². The van der Waals surface area contributed by atoms with Crippen LogP contribution in [0.4, 0.5) is 15.3 Å². The monoisotopic (exact) mass is 356 g/mol. The van der Waals surface area contributed by atoms with Gasteiger partial charge in [-0.05, 0) is 31.0 Å². The van der Waals surface area contributed by atoms with Crippen molar-refractivity contribution in [3.63, 3.8) is 0 Å². The van der Waals surface area contributed by atoms with Crippen molar-refractivity contribution in [3.05, 3.63) is 60.2 Å². The first-order valence-electron chi connectivity index (χ1n) is 8.52. The lowest BCUT2D eigenvalue weighted by atomic mass is 10.2. The average molecular weight is 356 g/mol. The second kappa shape index (κ2) is 9.46. The van der Waals surface area contributed by atoms with Crippen molar-refractivity contribution in [2.45, 2.75) is 32.9 Å². The molecule has 6 heteroatoms. The zero-order chi connectivity index (χ0) is 18.9. The molecule has 1 atom stereocenters. The largest absolute Gasteiger partial charge is 0.446 e. The van der Waals surface area contributed by atoms with Crippen molar-refractivity contribution in [3.8, 4) is 5.75 Å². The Morgan fingerprint density at radius 1 is 1.12 bits per heavy atom. The third-order valence-corrected chi connectivity index (χ3v) is 3.74. The molecular weight excluding hydrogens is 332 g/mol. The second-order valence-electron chi connectivity index (χ2n) is 5.99. The van der Waals surface area contributed by atoms with Gasteiger partial charge in [-0.15, -0.1) is 0 Å². The van der Waals surface area contributed by atoms with Crippen LogP contribution in [0.3, 0.4) is 0 Å². The van der Waals surface area contributed by atoms with Crippen LogP contribution in [0.2, 0.25) is 0 Å². The van der Waals surface area contributed by atoms with Crippen molar-refractivity contribution in [1.82, 2.24) is 4.90 Å². The average Bonchev–Trinajstić information content (AvgIpc) is 2.62. The molecule has 0 saturated heterocycles. The van der Waals surface area contributed by atoms with E-state index in [9.17, 15) is 9.59 Å². The van der Waals surface area contributed by atoms with Gasteiger partial charge in [-0.1, -0.05) is 43.3 Å². The fourth-order valence-electron chi connectivity index (χ4n) is 2.15. The second-order valence-corrected chi connectivity index (χ2v) is 5.99. The smallest absolute Gasteiger partial charge is 0.415 e. The number of nitrogens with one attached hydrogen (secondary N) is 1. The third kappa shape index (κ3) is 6.12. The van der Waals surface area contributed by atoms with E-state index in [1.54, 1.807) is 31.3 Å². The number of hydrogen-bond acceptors (Lipinski definition) is 4. The zero-order valence-electron chi connectivity index (χ0n) is 15.3. The van der Waals surface area contributed by atoms with Crippen LogP contribution in [0, 0.1) is 0 Å². The number of nitrogens with zero attached hydrogens (tertiary/aromatic N) is 1. The van der Waals surface area contributed by atoms with Crippen LogP contribution < -0.4 is 10.1 Å². The Kier molecular flexibility index (Phi) is 7.02. The number of amides is 2. The molecule has 0 bridgehead atoms. The van der Waals surface area contributed by atoms with Crippen LogP contribution in [0.5, 0.6) is 5.75 Å². The van der Waals surface area contributed by atoms with E-state index in [4.69, 9.17) is 9.47 Å². The third-order valence-electron chi connectivity index (χ3n) is 3.74. The van der Waals surface area contributed by atoms with Crippen molar-refractivity contribution < 1.29 is 19.1 Å². The Morgan fingerprint density at radius 2 is 1.85 bits per heavy atom. The van der Waals surface area contributed by atoms with Crippen molar-refractivity contribution in [1.29, 1.82) is 0 Å².